The van der Waals surface area contributed by atoms with Crippen molar-refractivity contribution in [3.63, 3.8) is 0 Å². The van der Waals surface area contributed by atoms with Gasteiger partial charge in [-0.05, 0) is 49.3 Å². The molecule has 0 aromatic heterocycles. The average molecular weight is 323 g/mol. The first kappa shape index (κ1) is 15.8. The Hall–Kier alpha value is -1.60. The van der Waals surface area contributed by atoms with Crippen LogP contribution in [0.4, 0.5) is 0 Å². The standard InChI is InChI=1S/C14H17N3O2S2/c1-9-3-4-11(7-10(9)2)19-8-12(18)16-13(20)17-14-15-5-6-21-14/h3-4,7H,5-6,8H2,1-2H3,(H2,15,16,17,18,20). The van der Waals surface area contributed by atoms with Crippen LogP contribution in [-0.4, -0.2) is 35.1 Å². The highest BCUT2D eigenvalue weighted by molar-refractivity contribution is 8.14. The van der Waals surface area contributed by atoms with Crippen molar-refractivity contribution in [3.8, 4) is 5.75 Å². The van der Waals surface area contributed by atoms with E-state index in [4.69, 9.17) is 17.0 Å². The van der Waals surface area contributed by atoms with Gasteiger partial charge < -0.3 is 10.1 Å². The van der Waals surface area contributed by atoms with Gasteiger partial charge in [0.2, 0.25) is 0 Å². The third-order valence-corrected chi connectivity index (χ3v) is 4.00. The van der Waals surface area contributed by atoms with Gasteiger partial charge in [0.05, 0.1) is 6.54 Å². The summed E-state index contributed by atoms with van der Waals surface area (Å²) in [5.74, 6) is 1.31. The van der Waals surface area contributed by atoms with E-state index in [9.17, 15) is 4.79 Å². The van der Waals surface area contributed by atoms with Crippen LogP contribution in [0, 0.1) is 13.8 Å². The van der Waals surface area contributed by atoms with Gasteiger partial charge in [0.25, 0.3) is 5.91 Å². The van der Waals surface area contributed by atoms with Gasteiger partial charge in [-0.1, -0.05) is 17.8 Å². The average Bonchev–Trinajstić information content (AvgIpc) is 2.92. The van der Waals surface area contributed by atoms with E-state index in [2.05, 4.69) is 15.6 Å². The summed E-state index contributed by atoms with van der Waals surface area (Å²) in [5.41, 5.74) is 2.31. The van der Waals surface area contributed by atoms with Crippen molar-refractivity contribution in [1.29, 1.82) is 0 Å². The zero-order chi connectivity index (χ0) is 15.2. The van der Waals surface area contributed by atoms with E-state index in [1.807, 2.05) is 32.0 Å². The molecule has 0 saturated carbocycles. The predicted molar refractivity (Wildman–Crippen MR) is 90.0 cm³/mol. The van der Waals surface area contributed by atoms with Crippen LogP contribution < -0.4 is 15.4 Å². The van der Waals surface area contributed by atoms with Crippen LogP contribution in [0.2, 0.25) is 0 Å². The summed E-state index contributed by atoms with van der Waals surface area (Å²) < 4.78 is 5.44. The van der Waals surface area contributed by atoms with Crippen molar-refractivity contribution in [2.75, 3.05) is 18.9 Å². The number of hydrogen-bond donors (Lipinski definition) is 2. The molecule has 0 saturated heterocycles. The number of thioether (sulfide) groups is 1. The lowest BCUT2D eigenvalue weighted by Gasteiger charge is -2.10. The smallest absolute Gasteiger partial charge is 0.264 e. The molecule has 0 radical (unpaired) electrons. The number of amides is 1. The summed E-state index contributed by atoms with van der Waals surface area (Å²) >= 11 is 6.62. The molecule has 1 amide bonds. The van der Waals surface area contributed by atoms with Gasteiger partial charge in [0.15, 0.2) is 16.9 Å². The van der Waals surface area contributed by atoms with Crippen LogP contribution >= 0.6 is 24.0 Å². The molecule has 1 aliphatic heterocycles. The Morgan fingerprint density at radius 1 is 1.43 bits per heavy atom. The number of thiocarbonyl (C=S) groups is 1. The largest absolute Gasteiger partial charge is 0.484 e. The van der Waals surface area contributed by atoms with E-state index in [0.29, 0.717) is 5.75 Å². The maximum atomic E-state index is 11.7. The Morgan fingerprint density at radius 3 is 2.90 bits per heavy atom. The number of nitrogens with zero attached hydrogens (tertiary/aromatic N) is 1. The first-order valence-electron chi connectivity index (χ1n) is 6.53. The number of benzene rings is 1. The fourth-order valence-electron chi connectivity index (χ4n) is 1.65. The Labute approximate surface area is 133 Å². The molecule has 1 heterocycles. The zero-order valence-corrected chi connectivity index (χ0v) is 13.6. The first-order chi connectivity index (χ1) is 10.0. The molecule has 2 rings (SSSR count). The fraction of sp³-hybridized carbons (Fsp3) is 0.357. The Kier molecular flexibility index (Phi) is 5.58. The highest BCUT2D eigenvalue weighted by Gasteiger charge is 2.11. The van der Waals surface area contributed by atoms with Crippen molar-refractivity contribution in [2.45, 2.75) is 13.8 Å². The van der Waals surface area contributed by atoms with E-state index in [1.54, 1.807) is 11.8 Å². The minimum absolute atomic E-state index is 0.0794. The molecule has 0 fully saturated rings. The van der Waals surface area contributed by atoms with Gasteiger partial charge in [-0.2, -0.15) is 0 Å². The maximum absolute atomic E-state index is 11.7. The van der Waals surface area contributed by atoms with Gasteiger partial charge in [-0.15, -0.1) is 0 Å². The van der Waals surface area contributed by atoms with Crippen molar-refractivity contribution in [2.24, 2.45) is 4.99 Å². The van der Waals surface area contributed by atoms with E-state index >= 15 is 0 Å². The molecule has 7 heteroatoms. The molecule has 0 atom stereocenters. The van der Waals surface area contributed by atoms with Gasteiger partial charge in [0.1, 0.15) is 5.75 Å². The summed E-state index contributed by atoms with van der Waals surface area (Å²) in [6.07, 6.45) is 0. The first-order valence-corrected chi connectivity index (χ1v) is 7.92. The quantitative estimate of drug-likeness (QED) is 0.830. The lowest BCUT2D eigenvalue weighted by atomic mass is 10.1. The molecular weight excluding hydrogens is 306 g/mol. The zero-order valence-electron chi connectivity index (χ0n) is 11.9. The minimum atomic E-state index is -0.297. The van der Waals surface area contributed by atoms with Gasteiger partial charge in [0, 0.05) is 5.75 Å². The number of ether oxygens (including phenoxy) is 1. The van der Waals surface area contributed by atoms with Crippen LogP contribution in [0.5, 0.6) is 5.75 Å². The molecule has 2 N–H and O–H groups in total. The van der Waals surface area contributed by atoms with Crippen LogP contribution in [0.25, 0.3) is 0 Å². The summed E-state index contributed by atoms with van der Waals surface area (Å²) in [4.78, 5) is 15.9. The molecule has 0 bridgehead atoms. The van der Waals surface area contributed by atoms with Gasteiger partial charge in [-0.25, -0.2) is 0 Å². The second kappa shape index (κ2) is 7.42. The van der Waals surface area contributed by atoms with E-state index in [0.717, 1.165) is 23.0 Å². The topological polar surface area (TPSA) is 62.7 Å². The molecule has 1 aromatic carbocycles. The highest BCUT2D eigenvalue weighted by atomic mass is 32.2. The minimum Gasteiger partial charge on any atom is -0.484 e. The molecule has 0 aliphatic carbocycles. The van der Waals surface area contributed by atoms with Crippen LogP contribution in [-0.2, 0) is 4.79 Å². The van der Waals surface area contributed by atoms with Crippen LogP contribution in [0.15, 0.2) is 23.2 Å². The summed E-state index contributed by atoms with van der Waals surface area (Å²) in [6.45, 7) is 4.73. The van der Waals surface area contributed by atoms with Crippen molar-refractivity contribution >= 4 is 40.2 Å². The van der Waals surface area contributed by atoms with Crippen molar-refractivity contribution in [1.82, 2.24) is 10.6 Å². The molecule has 1 aliphatic rings. The molecule has 0 spiro atoms. The van der Waals surface area contributed by atoms with Crippen LogP contribution in [0.3, 0.4) is 0 Å². The molecule has 1 aromatic rings. The summed E-state index contributed by atoms with van der Waals surface area (Å²) in [7, 11) is 0. The number of rotatable bonds is 3. The summed E-state index contributed by atoms with van der Waals surface area (Å²) in [6, 6.07) is 5.71. The third-order valence-electron chi connectivity index (χ3n) is 2.91. The number of hydrogen-bond acceptors (Lipinski definition) is 5. The van der Waals surface area contributed by atoms with E-state index < -0.39 is 0 Å². The Bertz CT molecular complexity index is 588. The number of amidine groups is 1. The van der Waals surface area contributed by atoms with Crippen molar-refractivity contribution in [3.05, 3.63) is 29.3 Å². The monoisotopic (exact) mass is 323 g/mol. The van der Waals surface area contributed by atoms with E-state index in [-0.39, 0.29) is 17.6 Å². The fourth-order valence-corrected chi connectivity index (χ4v) is 2.66. The number of aliphatic imine (C=N–C) groups is 1. The lowest BCUT2D eigenvalue weighted by molar-refractivity contribution is -0.121. The third kappa shape index (κ3) is 5.02. The SMILES string of the molecule is Cc1ccc(OCC(=O)NC(=S)NC2=NCCS2)cc1C. The Morgan fingerprint density at radius 2 is 2.24 bits per heavy atom. The van der Waals surface area contributed by atoms with E-state index in [1.165, 1.54) is 5.56 Å². The molecule has 112 valence electrons. The second-order valence-corrected chi connectivity index (χ2v) is 6.06. The number of aryl methyl sites for hydroxylation is 2. The number of nitrogens with one attached hydrogen (secondary N) is 2. The molecule has 5 nitrogen and oxygen atoms in total. The Balaban J connectivity index is 1.76. The maximum Gasteiger partial charge on any atom is 0.264 e. The normalized spacial score (nSPS) is 13.5. The van der Waals surface area contributed by atoms with Gasteiger partial charge in [-0.3, -0.25) is 15.1 Å². The summed E-state index contributed by atoms with van der Waals surface area (Å²) in [5, 5.41) is 6.44. The number of carbonyl (C=O) groups excluding carboxylic acids is 1. The molecule has 0 unspecified atom stereocenters. The van der Waals surface area contributed by atoms with Crippen LogP contribution in [0.1, 0.15) is 11.1 Å². The molecular formula is C14H17N3O2S2. The van der Waals surface area contributed by atoms with Crippen molar-refractivity contribution < 1.29 is 9.53 Å². The number of carbonyl (C=O) groups is 1. The second-order valence-electron chi connectivity index (χ2n) is 4.57. The highest BCUT2D eigenvalue weighted by Crippen LogP contribution is 2.16. The molecule has 21 heavy (non-hydrogen) atoms. The van der Waals surface area contributed by atoms with Gasteiger partial charge >= 0.3 is 0 Å². The lowest BCUT2D eigenvalue weighted by Crippen LogP contribution is -2.42. The predicted octanol–water partition coefficient (Wildman–Crippen LogP) is 1.78.